The summed E-state index contributed by atoms with van der Waals surface area (Å²) in [5.74, 6) is 1.97. The van der Waals surface area contributed by atoms with Gasteiger partial charge in [0.2, 0.25) is 4.96 Å². The van der Waals surface area contributed by atoms with Crippen LogP contribution < -0.4 is 10.1 Å². The van der Waals surface area contributed by atoms with Crippen molar-refractivity contribution in [2.45, 2.75) is 6.92 Å². The van der Waals surface area contributed by atoms with Crippen LogP contribution in [-0.4, -0.2) is 19.6 Å². The van der Waals surface area contributed by atoms with Crippen molar-refractivity contribution in [2.24, 2.45) is 0 Å². The number of rotatable bonds is 2. The highest BCUT2D eigenvalue weighted by molar-refractivity contribution is 7.15. The number of aryl methyl sites for hydroxylation is 1. The maximum Gasteiger partial charge on any atom is 0.291 e. The minimum absolute atomic E-state index is 0.193. The van der Waals surface area contributed by atoms with E-state index in [2.05, 4.69) is 15.1 Å². The van der Waals surface area contributed by atoms with Gasteiger partial charge in [-0.15, -0.1) is 5.10 Å². The van der Waals surface area contributed by atoms with E-state index < -0.39 is 0 Å². The van der Waals surface area contributed by atoms with Crippen LogP contribution in [0, 0.1) is 6.92 Å². The second-order valence-corrected chi connectivity index (χ2v) is 5.74. The molecule has 22 heavy (non-hydrogen) atoms. The second kappa shape index (κ2) is 4.88. The molecule has 0 radical (unpaired) electrons. The van der Waals surface area contributed by atoms with E-state index >= 15 is 0 Å². The van der Waals surface area contributed by atoms with Crippen LogP contribution in [-0.2, 0) is 0 Å². The van der Waals surface area contributed by atoms with Gasteiger partial charge in [0, 0.05) is 24.0 Å². The fourth-order valence-electron chi connectivity index (χ4n) is 2.12. The summed E-state index contributed by atoms with van der Waals surface area (Å²) in [5.41, 5.74) is 0.638. The first-order chi connectivity index (χ1) is 10.7. The predicted molar refractivity (Wildman–Crippen MR) is 82.6 cm³/mol. The Bertz CT molecular complexity index is 1060. The minimum Gasteiger partial charge on any atom is -0.462 e. The van der Waals surface area contributed by atoms with Gasteiger partial charge in [0.05, 0.1) is 0 Å². The molecule has 0 fully saturated rings. The van der Waals surface area contributed by atoms with Crippen LogP contribution >= 0.6 is 11.3 Å². The first-order valence-electron chi connectivity index (χ1n) is 6.59. The number of fused-ring (bicyclic) bond motifs is 1. The highest BCUT2D eigenvalue weighted by Crippen LogP contribution is 2.15. The Kier molecular flexibility index (Phi) is 2.87. The zero-order valence-electron chi connectivity index (χ0n) is 11.6. The third-order valence-electron chi connectivity index (χ3n) is 3.15. The molecule has 0 N–H and O–H groups in total. The van der Waals surface area contributed by atoms with Crippen LogP contribution in [0.25, 0.3) is 22.4 Å². The van der Waals surface area contributed by atoms with Gasteiger partial charge in [0.25, 0.3) is 5.56 Å². The lowest BCUT2D eigenvalue weighted by molar-refractivity contribution is 0.525. The fraction of sp³-hybridized carbons (Fsp3) is 0.0667. The maximum atomic E-state index is 12.4. The molecule has 0 unspecified atom stereocenters. The number of thiazole rings is 1. The van der Waals surface area contributed by atoms with Crippen LogP contribution in [0.1, 0.15) is 11.5 Å². The monoisotopic (exact) mass is 310 g/mol. The Hall–Kier alpha value is -2.80. The number of hydrogen-bond acceptors (Lipinski definition) is 6. The summed E-state index contributed by atoms with van der Waals surface area (Å²) in [4.78, 5) is 21.3. The average Bonchev–Trinajstić information content (AvgIpc) is 3.19. The van der Waals surface area contributed by atoms with E-state index in [0.717, 1.165) is 11.3 Å². The zero-order valence-corrected chi connectivity index (χ0v) is 12.4. The molecule has 0 saturated heterocycles. The quantitative estimate of drug-likeness (QED) is 0.563. The Morgan fingerprint density at radius 2 is 2.05 bits per heavy atom. The van der Waals surface area contributed by atoms with Crippen molar-refractivity contribution >= 4 is 22.4 Å². The van der Waals surface area contributed by atoms with Gasteiger partial charge in [-0.05, 0) is 31.2 Å². The molecule has 0 aliphatic heterocycles. The molecule has 0 amide bonds. The molecular formula is C15H10N4O2S. The molecule has 7 heteroatoms. The normalized spacial score (nSPS) is 12.3. The molecule has 0 aromatic carbocycles. The fourth-order valence-corrected chi connectivity index (χ4v) is 3.01. The Balaban J connectivity index is 1.85. The lowest BCUT2D eigenvalue weighted by atomic mass is 10.3. The SMILES string of the molecule is Cc1ccc(C=c2sc3nc(-c4ccncc4)nn3c2=O)o1. The van der Waals surface area contributed by atoms with Gasteiger partial charge in [-0.25, -0.2) is 0 Å². The maximum absolute atomic E-state index is 12.4. The van der Waals surface area contributed by atoms with Crippen molar-refractivity contribution in [1.29, 1.82) is 0 Å². The first kappa shape index (κ1) is 12.9. The minimum atomic E-state index is -0.193. The van der Waals surface area contributed by atoms with Crippen molar-refractivity contribution in [3.8, 4) is 11.4 Å². The van der Waals surface area contributed by atoms with Crippen molar-refractivity contribution < 1.29 is 4.42 Å². The number of nitrogens with zero attached hydrogens (tertiary/aromatic N) is 4. The lowest BCUT2D eigenvalue weighted by Gasteiger charge is -1.90. The molecule has 4 aromatic heterocycles. The summed E-state index contributed by atoms with van der Waals surface area (Å²) in [6.45, 7) is 1.86. The molecular weight excluding hydrogens is 300 g/mol. The van der Waals surface area contributed by atoms with E-state index in [0.29, 0.717) is 21.1 Å². The van der Waals surface area contributed by atoms with Crippen LogP contribution in [0.4, 0.5) is 0 Å². The predicted octanol–water partition coefficient (Wildman–Crippen LogP) is 1.66. The lowest BCUT2D eigenvalue weighted by Crippen LogP contribution is -2.23. The number of pyridine rings is 1. The first-order valence-corrected chi connectivity index (χ1v) is 7.40. The highest BCUT2D eigenvalue weighted by atomic mass is 32.1. The molecule has 4 heterocycles. The average molecular weight is 310 g/mol. The standard InChI is InChI=1S/C15H10N4O2S/c1-9-2-3-11(21-9)8-12-14(20)19-15(22-12)17-13(18-19)10-4-6-16-7-5-10/h2-8H,1H3. The third-order valence-corrected chi connectivity index (χ3v) is 4.11. The summed E-state index contributed by atoms with van der Waals surface area (Å²) in [6, 6.07) is 7.30. The van der Waals surface area contributed by atoms with Crippen molar-refractivity contribution in [3.05, 3.63) is 63.1 Å². The molecule has 0 spiro atoms. The molecule has 108 valence electrons. The molecule has 0 bridgehead atoms. The summed E-state index contributed by atoms with van der Waals surface area (Å²) >= 11 is 1.29. The Labute approximate surface area is 128 Å². The van der Waals surface area contributed by atoms with Crippen LogP contribution in [0.15, 0.2) is 45.9 Å². The van der Waals surface area contributed by atoms with E-state index in [1.54, 1.807) is 18.5 Å². The van der Waals surface area contributed by atoms with Crippen LogP contribution in [0.3, 0.4) is 0 Å². The molecule has 4 aromatic rings. The third kappa shape index (κ3) is 2.11. The van der Waals surface area contributed by atoms with Gasteiger partial charge >= 0.3 is 0 Å². The second-order valence-electron chi connectivity index (χ2n) is 4.73. The molecule has 4 rings (SSSR count). The van der Waals surface area contributed by atoms with Crippen molar-refractivity contribution in [3.63, 3.8) is 0 Å². The van der Waals surface area contributed by atoms with E-state index in [9.17, 15) is 4.79 Å². The largest absolute Gasteiger partial charge is 0.462 e. The van der Waals surface area contributed by atoms with Gasteiger partial charge in [-0.2, -0.15) is 9.50 Å². The van der Waals surface area contributed by atoms with Gasteiger partial charge < -0.3 is 4.42 Å². The molecule has 6 nitrogen and oxygen atoms in total. The van der Waals surface area contributed by atoms with E-state index in [1.165, 1.54) is 15.9 Å². The summed E-state index contributed by atoms with van der Waals surface area (Å²) in [5, 5.41) is 4.28. The van der Waals surface area contributed by atoms with Crippen LogP contribution in [0.2, 0.25) is 0 Å². The van der Waals surface area contributed by atoms with E-state index in [-0.39, 0.29) is 5.56 Å². The van der Waals surface area contributed by atoms with E-state index in [1.807, 2.05) is 31.2 Å². The van der Waals surface area contributed by atoms with Gasteiger partial charge in [-0.3, -0.25) is 9.78 Å². The van der Waals surface area contributed by atoms with E-state index in [4.69, 9.17) is 4.42 Å². The number of aromatic nitrogens is 4. The van der Waals surface area contributed by atoms with Gasteiger partial charge in [0.15, 0.2) is 5.82 Å². The van der Waals surface area contributed by atoms with Crippen molar-refractivity contribution in [2.75, 3.05) is 0 Å². The Morgan fingerprint density at radius 1 is 1.23 bits per heavy atom. The Morgan fingerprint density at radius 3 is 2.73 bits per heavy atom. The summed E-state index contributed by atoms with van der Waals surface area (Å²) in [6.07, 6.45) is 5.05. The number of hydrogen-bond donors (Lipinski definition) is 0. The molecule has 0 saturated carbocycles. The molecule has 0 aliphatic carbocycles. The van der Waals surface area contributed by atoms with Gasteiger partial charge in [-0.1, -0.05) is 11.3 Å². The van der Waals surface area contributed by atoms with Crippen LogP contribution in [0.5, 0.6) is 0 Å². The molecule has 0 atom stereocenters. The topological polar surface area (TPSA) is 73.3 Å². The zero-order chi connectivity index (χ0) is 15.1. The van der Waals surface area contributed by atoms with Crippen molar-refractivity contribution in [1.82, 2.24) is 19.6 Å². The summed E-state index contributed by atoms with van der Waals surface area (Å²) in [7, 11) is 0. The number of furan rings is 1. The highest BCUT2D eigenvalue weighted by Gasteiger charge is 2.12. The summed E-state index contributed by atoms with van der Waals surface area (Å²) < 4.78 is 7.33. The smallest absolute Gasteiger partial charge is 0.291 e. The van der Waals surface area contributed by atoms with Gasteiger partial charge in [0.1, 0.15) is 16.1 Å². The molecule has 0 aliphatic rings.